The van der Waals surface area contributed by atoms with Crippen LogP contribution in [0.1, 0.15) is 32.1 Å². The van der Waals surface area contributed by atoms with Crippen molar-refractivity contribution in [3.63, 3.8) is 0 Å². The van der Waals surface area contributed by atoms with Crippen molar-refractivity contribution in [3.8, 4) is 5.75 Å². The molecule has 4 nitrogen and oxygen atoms in total. The van der Waals surface area contributed by atoms with Crippen LogP contribution >= 0.6 is 0 Å². The molecule has 24 heavy (non-hydrogen) atoms. The predicted molar refractivity (Wildman–Crippen MR) is 92.8 cm³/mol. The SMILES string of the molecule is OCC1CCCN1CC1CCCN1CCCOc1ccc(F)cc1. The molecule has 2 atom stereocenters. The Labute approximate surface area is 144 Å². The zero-order chi connectivity index (χ0) is 16.8. The highest BCUT2D eigenvalue weighted by molar-refractivity contribution is 5.21. The normalized spacial score (nSPS) is 25.4. The average Bonchev–Trinajstić information content (AvgIpc) is 3.23. The van der Waals surface area contributed by atoms with E-state index in [9.17, 15) is 9.50 Å². The molecule has 0 saturated carbocycles. The Kier molecular flexibility index (Phi) is 6.46. The minimum atomic E-state index is -0.231. The van der Waals surface area contributed by atoms with Crippen LogP contribution in [-0.4, -0.2) is 66.4 Å². The van der Waals surface area contributed by atoms with Crippen LogP contribution in [-0.2, 0) is 0 Å². The van der Waals surface area contributed by atoms with E-state index in [1.165, 1.54) is 37.9 Å². The Bertz CT molecular complexity index is 497. The summed E-state index contributed by atoms with van der Waals surface area (Å²) in [6.07, 6.45) is 5.85. The number of benzene rings is 1. The van der Waals surface area contributed by atoms with Gasteiger partial charge in [-0.25, -0.2) is 4.39 Å². The smallest absolute Gasteiger partial charge is 0.123 e. The first-order valence-electron chi connectivity index (χ1n) is 9.23. The van der Waals surface area contributed by atoms with E-state index in [0.717, 1.165) is 38.2 Å². The summed E-state index contributed by atoms with van der Waals surface area (Å²) in [6.45, 7) is 5.38. The molecule has 5 heteroatoms. The van der Waals surface area contributed by atoms with E-state index < -0.39 is 0 Å². The third-order valence-electron chi connectivity index (χ3n) is 5.33. The molecule has 2 aliphatic heterocycles. The summed E-state index contributed by atoms with van der Waals surface area (Å²) in [4.78, 5) is 5.04. The molecule has 134 valence electrons. The van der Waals surface area contributed by atoms with Gasteiger partial charge >= 0.3 is 0 Å². The molecule has 1 N–H and O–H groups in total. The predicted octanol–water partition coefficient (Wildman–Crippen LogP) is 2.52. The van der Waals surface area contributed by atoms with E-state index in [-0.39, 0.29) is 12.4 Å². The largest absolute Gasteiger partial charge is 0.494 e. The van der Waals surface area contributed by atoms with Gasteiger partial charge in [0.15, 0.2) is 0 Å². The Morgan fingerprint density at radius 3 is 2.50 bits per heavy atom. The lowest BCUT2D eigenvalue weighted by atomic mass is 10.2. The maximum absolute atomic E-state index is 12.9. The van der Waals surface area contributed by atoms with Crippen molar-refractivity contribution < 1.29 is 14.2 Å². The van der Waals surface area contributed by atoms with Gasteiger partial charge < -0.3 is 9.84 Å². The Hall–Kier alpha value is -1.17. The molecule has 2 aliphatic rings. The fourth-order valence-electron chi connectivity index (χ4n) is 4.00. The monoisotopic (exact) mass is 336 g/mol. The zero-order valence-electron chi connectivity index (χ0n) is 14.4. The summed E-state index contributed by atoms with van der Waals surface area (Å²) in [5.74, 6) is 0.502. The summed E-state index contributed by atoms with van der Waals surface area (Å²) < 4.78 is 18.5. The highest BCUT2D eigenvalue weighted by atomic mass is 19.1. The van der Waals surface area contributed by atoms with Gasteiger partial charge in [0.2, 0.25) is 0 Å². The number of likely N-dealkylation sites (tertiary alicyclic amines) is 2. The lowest BCUT2D eigenvalue weighted by Gasteiger charge is -2.31. The molecule has 0 amide bonds. The fraction of sp³-hybridized carbons (Fsp3) is 0.684. The molecule has 0 aromatic heterocycles. The van der Waals surface area contributed by atoms with Crippen LogP contribution in [0.15, 0.2) is 24.3 Å². The molecular weight excluding hydrogens is 307 g/mol. The second-order valence-corrected chi connectivity index (χ2v) is 6.96. The van der Waals surface area contributed by atoms with Crippen molar-refractivity contribution in [2.75, 3.05) is 39.4 Å². The van der Waals surface area contributed by atoms with E-state index >= 15 is 0 Å². The molecule has 3 rings (SSSR count). The van der Waals surface area contributed by atoms with Crippen molar-refractivity contribution >= 4 is 0 Å². The summed E-state index contributed by atoms with van der Waals surface area (Å²) in [6, 6.07) is 7.20. The number of hydrogen-bond donors (Lipinski definition) is 1. The van der Waals surface area contributed by atoms with Crippen molar-refractivity contribution in [1.82, 2.24) is 9.80 Å². The number of halogens is 1. The van der Waals surface area contributed by atoms with Crippen LogP contribution < -0.4 is 4.74 Å². The fourth-order valence-corrected chi connectivity index (χ4v) is 4.00. The zero-order valence-corrected chi connectivity index (χ0v) is 14.4. The van der Waals surface area contributed by atoms with Gasteiger partial charge in [-0.05, 0) is 69.5 Å². The third-order valence-corrected chi connectivity index (χ3v) is 5.33. The summed E-state index contributed by atoms with van der Waals surface area (Å²) in [5, 5.41) is 9.48. The number of ether oxygens (including phenoxy) is 1. The standard InChI is InChI=1S/C19H29FN2O2/c20-16-6-8-19(9-7-16)24-13-3-12-21-10-1-4-17(21)14-22-11-2-5-18(22)15-23/h6-9,17-18,23H,1-5,10-15H2. The van der Waals surface area contributed by atoms with E-state index in [0.29, 0.717) is 18.7 Å². The summed E-state index contributed by atoms with van der Waals surface area (Å²) >= 11 is 0. The van der Waals surface area contributed by atoms with Crippen LogP contribution in [0.5, 0.6) is 5.75 Å². The number of rotatable bonds is 8. The van der Waals surface area contributed by atoms with Crippen LogP contribution in [0.2, 0.25) is 0 Å². The molecule has 2 saturated heterocycles. The molecule has 0 bridgehead atoms. The van der Waals surface area contributed by atoms with E-state index in [4.69, 9.17) is 4.74 Å². The number of nitrogens with zero attached hydrogens (tertiary/aromatic N) is 2. The van der Waals surface area contributed by atoms with Gasteiger partial charge in [-0.15, -0.1) is 0 Å². The quantitative estimate of drug-likeness (QED) is 0.740. The van der Waals surface area contributed by atoms with E-state index in [2.05, 4.69) is 9.80 Å². The first-order valence-corrected chi connectivity index (χ1v) is 9.23. The lowest BCUT2D eigenvalue weighted by Crippen LogP contribution is -2.43. The minimum Gasteiger partial charge on any atom is -0.494 e. The molecule has 0 radical (unpaired) electrons. The highest BCUT2D eigenvalue weighted by Crippen LogP contribution is 2.23. The molecule has 0 spiro atoms. The number of aliphatic hydroxyl groups is 1. The molecular formula is C19H29FN2O2. The van der Waals surface area contributed by atoms with Gasteiger partial charge in [0, 0.05) is 25.2 Å². The number of hydrogen-bond acceptors (Lipinski definition) is 4. The first kappa shape index (κ1) is 17.6. The van der Waals surface area contributed by atoms with Crippen LogP contribution in [0.4, 0.5) is 4.39 Å². The van der Waals surface area contributed by atoms with Crippen molar-refractivity contribution in [1.29, 1.82) is 0 Å². The van der Waals surface area contributed by atoms with Crippen LogP contribution in [0.3, 0.4) is 0 Å². The van der Waals surface area contributed by atoms with Crippen molar-refractivity contribution in [3.05, 3.63) is 30.1 Å². The molecule has 2 fully saturated rings. The van der Waals surface area contributed by atoms with Crippen molar-refractivity contribution in [2.45, 2.75) is 44.2 Å². The Balaban J connectivity index is 1.38. The lowest BCUT2D eigenvalue weighted by molar-refractivity contribution is 0.120. The van der Waals surface area contributed by atoms with E-state index in [1.807, 2.05) is 0 Å². The average molecular weight is 336 g/mol. The van der Waals surface area contributed by atoms with Gasteiger partial charge in [-0.3, -0.25) is 9.80 Å². The van der Waals surface area contributed by atoms with Crippen LogP contribution in [0.25, 0.3) is 0 Å². The van der Waals surface area contributed by atoms with Gasteiger partial charge in [-0.1, -0.05) is 0 Å². The van der Waals surface area contributed by atoms with Gasteiger partial charge in [0.05, 0.1) is 13.2 Å². The van der Waals surface area contributed by atoms with Gasteiger partial charge in [0.25, 0.3) is 0 Å². The van der Waals surface area contributed by atoms with Crippen molar-refractivity contribution in [2.24, 2.45) is 0 Å². The highest BCUT2D eigenvalue weighted by Gasteiger charge is 2.30. The summed E-state index contributed by atoms with van der Waals surface area (Å²) in [7, 11) is 0. The Morgan fingerprint density at radius 2 is 1.75 bits per heavy atom. The molecule has 2 unspecified atom stereocenters. The van der Waals surface area contributed by atoms with Gasteiger partial charge in [-0.2, -0.15) is 0 Å². The molecule has 2 heterocycles. The first-order chi connectivity index (χ1) is 11.8. The second kappa shape index (κ2) is 8.79. The minimum absolute atomic E-state index is 0.231. The maximum Gasteiger partial charge on any atom is 0.123 e. The molecule has 1 aromatic rings. The third kappa shape index (κ3) is 4.68. The summed E-state index contributed by atoms with van der Waals surface area (Å²) in [5.41, 5.74) is 0. The molecule has 0 aliphatic carbocycles. The Morgan fingerprint density at radius 1 is 1.04 bits per heavy atom. The van der Waals surface area contributed by atoms with E-state index in [1.54, 1.807) is 12.1 Å². The van der Waals surface area contributed by atoms with Gasteiger partial charge in [0.1, 0.15) is 11.6 Å². The number of aliphatic hydroxyl groups excluding tert-OH is 1. The molecule has 1 aromatic carbocycles. The topological polar surface area (TPSA) is 35.9 Å². The maximum atomic E-state index is 12.9. The second-order valence-electron chi connectivity index (χ2n) is 6.96. The van der Waals surface area contributed by atoms with Crippen LogP contribution in [0, 0.1) is 5.82 Å².